The first-order valence-electron chi connectivity index (χ1n) is 10.0. The lowest BCUT2D eigenvalue weighted by Gasteiger charge is -2.37. The van der Waals surface area contributed by atoms with Crippen LogP contribution in [0.3, 0.4) is 0 Å². The van der Waals surface area contributed by atoms with Crippen LogP contribution < -0.4 is 9.47 Å². The maximum absolute atomic E-state index is 14.0. The van der Waals surface area contributed by atoms with Crippen molar-refractivity contribution in [3.8, 4) is 11.5 Å². The highest BCUT2D eigenvalue weighted by molar-refractivity contribution is 5.34. The van der Waals surface area contributed by atoms with Crippen LogP contribution in [0.1, 0.15) is 45.4 Å². The van der Waals surface area contributed by atoms with Gasteiger partial charge in [-0.15, -0.1) is 0 Å². The summed E-state index contributed by atoms with van der Waals surface area (Å²) in [6, 6.07) is 2.83. The molecule has 1 aliphatic carbocycles. The van der Waals surface area contributed by atoms with Crippen LogP contribution >= 0.6 is 0 Å². The number of methoxy groups -OCH3 is 1. The number of hydrogen-bond donors (Lipinski definition) is 0. The molecule has 2 atom stereocenters. The summed E-state index contributed by atoms with van der Waals surface area (Å²) in [4.78, 5) is 0. The Hall–Kier alpha value is -1.62. The van der Waals surface area contributed by atoms with Gasteiger partial charge in [0.2, 0.25) is 11.6 Å². The highest BCUT2D eigenvalue weighted by atomic mass is 19.2. The van der Waals surface area contributed by atoms with Crippen molar-refractivity contribution in [2.45, 2.75) is 51.6 Å². The van der Waals surface area contributed by atoms with Crippen molar-refractivity contribution in [2.24, 2.45) is 17.8 Å². The molecule has 27 heavy (non-hydrogen) atoms. The fourth-order valence-electron chi connectivity index (χ4n) is 4.35. The van der Waals surface area contributed by atoms with Crippen LogP contribution in [0.5, 0.6) is 11.5 Å². The average molecular weight is 380 g/mol. The number of benzene rings is 1. The summed E-state index contributed by atoms with van der Waals surface area (Å²) < 4.78 is 44.1. The second-order valence-corrected chi connectivity index (χ2v) is 7.72. The Morgan fingerprint density at radius 2 is 1.67 bits per heavy atom. The molecule has 2 unspecified atom stereocenters. The number of allylic oxidation sites excluding steroid dienone is 1. The van der Waals surface area contributed by atoms with Crippen molar-refractivity contribution in [1.82, 2.24) is 0 Å². The molecular weight excluding hydrogens is 350 g/mol. The molecule has 1 aromatic carbocycles. The lowest BCUT2D eigenvalue weighted by Crippen LogP contribution is -2.32. The second-order valence-electron chi connectivity index (χ2n) is 7.72. The Labute approximate surface area is 160 Å². The molecule has 0 bridgehead atoms. The highest BCUT2D eigenvalue weighted by Crippen LogP contribution is 2.38. The zero-order valence-electron chi connectivity index (χ0n) is 16.3. The van der Waals surface area contributed by atoms with Crippen molar-refractivity contribution >= 4 is 0 Å². The largest absolute Gasteiger partial charge is 0.494 e. The Kier molecular flexibility index (Phi) is 7.11. The molecule has 1 aliphatic heterocycles. The van der Waals surface area contributed by atoms with E-state index in [0.717, 1.165) is 38.7 Å². The van der Waals surface area contributed by atoms with Crippen molar-refractivity contribution in [2.75, 3.05) is 20.3 Å². The fourth-order valence-corrected chi connectivity index (χ4v) is 4.35. The van der Waals surface area contributed by atoms with E-state index in [9.17, 15) is 8.78 Å². The first-order chi connectivity index (χ1) is 13.1. The number of rotatable bonds is 6. The molecule has 2 fully saturated rings. The number of halogens is 2. The monoisotopic (exact) mass is 380 g/mol. The molecule has 0 N–H and O–H groups in total. The molecule has 0 radical (unpaired) electrons. The summed E-state index contributed by atoms with van der Waals surface area (Å²) in [6.45, 7) is 3.32. The maximum Gasteiger partial charge on any atom is 0.204 e. The third-order valence-corrected chi connectivity index (χ3v) is 6.02. The van der Waals surface area contributed by atoms with Gasteiger partial charge in [-0.3, -0.25) is 0 Å². The van der Waals surface area contributed by atoms with Gasteiger partial charge in [0, 0.05) is 0 Å². The van der Waals surface area contributed by atoms with E-state index in [0.29, 0.717) is 24.4 Å². The van der Waals surface area contributed by atoms with Gasteiger partial charge >= 0.3 is 0 Å². The van der Waals surface area contributed by atoms with Gasteiger partial charge in [0.05, 0.1) is 26.4 Å². The van der Waals surface area contributed by atoms with E-state index in [2.05, 4.69) is 12.2 Å². The quantitative estimate of drug-likeness (QED) is 0.607. The van der Waals surface area contributed by atoms with Crippen LogP contribution in [-0.4, -0.2) is 26.4 Å². The van der Waals surface area contributed by atoms with E-state index >= 15 is 0 Å². The van der Waals surface area contributed by atoms with Crippen LogP contribution in [-0.2, 0) is 4.74 Å². The molecule has 1 saturated heterocycles. The van der Waals surface area contributed by atoms with E-state index in [1.807, 2.05) is 6.92 Å². The zero-order valence-corrected chi connectivity index (χ0v) is 16.3. The molecule has 0 aromatic heterocycles. The Morgan fingerprint density at radius 3 is 2.30 bits per heavy atom. The van der Waals surface area contributed by atoms with E-state index in [4.69, 9.17) is 14.2 Å². The predicted octanol–water partition coefficient (Wildman–Crippen LogP) is 5.53. The van der Waals surface area contributed by atoms with Gasteiger partial charge in [-0.25, -0.2) is 0 Å². The van der Waals surface area contributed by atoms with Crippen LogP contribution in [0.15, 0.2) is 24.3 Å². The average Bonchev–Trinajstić information content (AvgIpc) is 2.70. The first-order valence-corrected chi connectivity index (χ1v) is 10.0. The van der Waals surface area contributed by atoms with Gasteiger partial charge in [0.15, 0.2) is 11.5 Å². The van der Waals surface area contributed by atoms with Gasteiger partial charge in [-0.05, 0) is 75.3 Å². The van der Waals surface area contributed by atoms with Crippen molar-refractivity contribution in [1.29, 1.82) is 0 Å². The zero-order chi connectivity index (χ0) is 19.2. The minimum atomic E-state index is -0.993. The van der Waals surface area contributed by atoms with Crippen LogP contribution in [0.25, 0.3) is 0 Å². The van der Waals surface area contributed by atoms with Crippen LogP contribution in [0.4, 0.5) is 8.78 Å². The molecule has 150 valence electrons. The van der Waals surface area contributed by atoms with Crippen molar-refractivity contribution < 1.29 is 23.0 Å². The normalized spacial score (nSPS) is 29.0. The van der Waals surface area contributed by atoms with Gasteiger partial charge < -0.3 is 14.2 Å². The van der Waals surface area contributed by atoms with Gasteiger partial charge in [-0.1, -0.05) is 12.2 Å². The molecule has 3 rings (SSSR count). The third-order valence-electron chi connectivity index (χ3n) is 6.02. The molecule has 2 aliphatic rings. The predicted molar refractivity (Wildman–Crippen MR) is 101 cm³/mol. The Bertz CT molecular complexity index is 631. The lowest BCUT2D eigenvalue weighted by atomic mass is 9.74. The number of ether oxygens (including phenoxy) is 3. The Morgan fingerprint density at radius 1 is 1.00 bits per heavy atom. The lowest BCUT2D eigenvalue weighted by molar-refractivity contribution is -0.0178. The van der Waals surface area contributed by atoms with Crippen molar-refractivity contribution in [3.63, 3.8) is 0 Å². The molecule has 1 aromatic rings. The summed E-state index contributed by atoms with van der Waals surface area (Å²) >= 11 is 0. The molecule has 3 nitrogen and oxygen atoms in total. The summed E-state index contributed by atoms with van der Waals surface area (Å²) in [5.41, 5.74) is 0. The standard InChI is InChI=1S/C22H30F2O3/c1-3-4-18-10-9-17(14-26-18)16-7-5-15(6-8-16)13-27-20-12-11-19(25-2)21(23)22(20)24/h3-4,11-12,15-18H,5-10,13-14H2,1-2H3/b4-3+. The summed E-state index contributed by atoms with van der Waals surface area (Å²) in [5.74, 6) is -0.348. The second kappa shape index (κ2) is 9.54. The minimum Gasteiger partial charge on any atom is -0.494 e. The number of hydrogen-bond acceptors (Lipinski definition) is 3. The first kappa shape index (κ1) is 20.1. The molecule has 0 spiro atoms. The summed E-state index contributed by atoms with van der Waals surface area (Å²) in [5, 5.41) is 0. The molecule has 1 heterocycles. The van der Waals surface area contributed by atoms with E-state index in [1.54, 1.807) is 0 Å². The molecule has 1 saturated carbocycles. The maximum atomic E-state index is 14.0. The smallest absolute Gasteiger partial charge is 0.204 e. The van der Waals surface area contributed by atoms with Gasteiger partial charge in [0.25, 0.3) is 0 Å². The molecule has 0 amide bonds. The van der Waals surface area contributed by atoms with Crippen LogP contribution in [0.2, 0.25) is 0 Å². The highest BCUT2D eigenvalue weighted by Gasteiger charge is 2.31. The van der Waals surface area contributed by atoms with Crippen LogP contribution in [0, 0.1) is 29.4 Å². The summed E-state index contributed by atoms with van der Waals surface area (Å²) in [6.07, 6.45) is 11.3. The van der Waals surface area contributed by atoms with E-state index in [-0.39, 0.29) is 17.6 Å². The van der Waals surface area contributed by atoms with E-state index in [1.165, 1.54) is 25.7 Å². The topological polar surface area (TPSA) is 27.7 Å². The SMILES string of the molecule is C/C=C/C1CCC(C2CCC(COc3ccc(OC)c(F)c3F)CC2)CO1. The van der Waals surface area contributed by atoms with Gasteiger partial charge in [-0.2, -0.15) is 8.78 Å². The Balaban J connectivity index is 1.43. The van der Waals surface area contributed by atoms with Crippen molar-refractivity contribution in [3.05, 3.63) is 35.9 Å². The fraction of sp³-hybridized carbons (Fsp3) is 0.636. The molecular formula is C22H30F2O3. The minimum absolute atomic E-state index is 0.0360. The summed E-state index contributed by atoms with van der Waals surface area (Å²) in [7, 11) is 1.31. The van der Waals surface area contributed by atoms with E-state index < -0.39 is 11.6 Å². The molecule has 5 heteroatoms. The van der Waals surface area contributed by atoms with Gasteiger partial charge in [0.1, 0.15) is 0 Å². The third kappa shape index (κ3) is 5.01.